The molecule has 2 heterocycles. The summed E-state index contributed by atoms with van der Waals surface area (Å²) in [5.74, 6) is -1.01. The van der Waals surface area contributed by atoms with E-state index < -0.39 is 27.8 Å². The third-order valence-electron chi connectivity index (χ3n) is 3.88. The highest BCUT2D eigenvalue weighted by Crippen LogP contribution is 2.18. The van der Waals surface area contributed by atoms with Crippen LogP contribution < -0.4 is 0 Å². The van der Waals surface area contributed by atoms with Gasteiger partial charge in [-0.05, 0) is 32.4 Å². The van der Waals surface area contributed by atoms with E-state index in [0.717, 1.165) is 5.69 Å². The summed E-state index contributed by atoms with van der Waals surface area (Å²) in [6, 6.07) is 2.89. The Labute approximate surface area is 135 Å². The van der Waals surface area contributed by atoms with Crippen LogP contribution in [0, 0.1) is 6.92 Å². The van der Waals surface area contributed by atoms with Crippen molar-refractivity contribution in [2.45, 2.75) is 32.4 Å². The smallest absolute Gasteiger partial charge is 0.340 e. The quantitative estimate of drug-likeness (QED) is 0.744. The molecule has 126 valence electrons. The second-order valence-corrected chi connectivity index (χ2v) is 7.97. The third-order valence-corrected chi connectivity index (χ3v) is 5.63. The summed E-state index contributed by atoms with van der Waals surface area (Å²) in [6.07, 6.45) is 0.812. The molecule has 2 atom stereocenters. The first kappa shape index (κ1) is 17.4. The lowest BCUT2D eigenvalue weighted by Crippen LogP contribution is -2.44. The van der Waals surface area contributed by atoms with E-state index in [9.17, 15) is 18.0 Å². The standard InChI is InChI=1S/C15H20N2O5S/c1-10-4-5-12(8-16-10)15(19)22-11(2)14(18)17(3)13-6-7-23(20,21)9-13/h4-5,8,11,13H,6-7,9H2,1-3H3. The molecule has 8 heteroatoms. The molecule has 23 heavy (non-hydrogen) atoms. The van der Waals surface area contributed by atoms with E-state index >= 15 is 0 Å². The van der Waals surface area contributed by atoms with Crippen LogP contribution in [0.3, 0.4) is 0 Å². The number of sulfone groups is 1. The number of nitrogens with zero attached hydrogens (tertiary/aromatic N) is 2. The van der Waals surface area contributed by atoms with Crippen molar-refractivity contribution in [3.05, 3.63) is 29.6 Å². The summed E-state index contributed by atoms with van der Waals surface area (Å²) >= 11 is 0. The Morgan fingerprint density at radius 1 is 1.39 bits per heavy atom. The SMILES string of the molecule is Cc1ccc(C(=O)OC(C)C(=O)N(C)C2CCS(=O)(=O)C2)cn1. The first-order chi connectivity index (χ1) is 10.7. The van der Waals surface area contributed by atoms with Gasteiger partial charge in [0.05, 0.1) is 17.1 Å². The predicted octanol–water partition coefficient (Wildman–Crippen LogP) is 0.581. The Morgan fingerprint density at radius 3 is 2.61 bits per heavy atom. The van der Waals surface area contributed by atoms with Crippen molar-refractivity contribution < 1.29 is 22.7 Å². The zero-order chi connectivity index (χ0) is 17.2. The number of rotatable bonds is 4. The molecule has 0 aromatic carbocycles. The van der Waals surface area contributed by atoms with Crippen LogP contribution in [0.2, 0.25) is 0 Å². The predicted molar refractivity (Wildman–Crippen MR) is 83.7 cm³/mol. The molecule has 1 aliphatic heterocycles. The van der Waals surface area contributed by atoms with Crippen molar-refractivity contribution in [1.82, 2.24) is 9.88 Å². The Bertz CT molecular complexity index is 699. The van der Waals surface area contributed by atoms with Crippen molar-refractivity contribution >= 4 is 21.7 Å². The number of ether oxygens (including phenoxy) is 1. The lowest BCUT2D eigenvalue weighted by molar-refractivity contribution is -0.140. The van der Waals surface area contributed by atoms with Crippen LogP contribution in [0.15, 0.2) is 18.3 Å². The molecule has 0 radical (unpaired) electrons. The minimum absolute atomic E-state index is 0.0439. The molecule has 0 aliphatic carbocycles. The molecule has 1 aromatic heterocycles. The van der Waals surface area contributed by atoms with Crippen molar-refractivity contribution in [2.75, 3.05) is 18.6 Å². The number of hydrogen-bond acceptors (Lipinski definition) is 6. The van der Waals surface area contributed by atoms with Gasteiger partial charge in [-0.1, -0.05) is 0 Å². The van der Waals surface area contributed by atoms with Crippen molar-refractivity contribution in [1.29, 1.82) is 0 Å². The fourth-order valence-electron chi connectivity index (χ4n) is 2.42. The summed E-state index contributed by atoms with van der Waals surface area (Å²) in [5.41, 5.74) is 1.04. The van der Waals surface area contributed by atoms with Crippen molar-refractivity contribution in [2.24, 2.45) is 0 Å². The van der Waals surface area contributed by atoms with Gasteiger partial charge in [0.25, 0.3) is 5.91 Å². The highest BCUT2D eigenvalue weighted by Gasteiger charge is 2.35. The molecule has 0 bridgehead atoms. The number of aryl methyl sites for hydroxylation is 1. The van der Waals surface area contributed by atoms with Crippen LogP contribution in [0.25, 0.3) is 0 Å². The molecule has 1 saturated heterocycles. The zero-order valence-corrected chi connectivity index (χ0v) is 14.2. The topological polar surface area (TPSA) is 93.6 Å². The van der Waals surface area contributed by atoms with Crippen LogP contribution in [-0.2, 0) is 19.4 Å². The number of likely N-dealkylation sites (N-methyl/N-ethyl adjacent to an activating group) is 1. The zero-order valence-electron chi connectivity index (χ0n) is 13.4. The number of hydrogen-bond donors (Lipinski definition) is 0. The van der Waals surface area contributed by atoms with Crippen molar-refractivity contribution in [3.8, 4) is 0 Å². The molecule has 1 aromatic rings. The maximum atomic E-state index is 12.3. The largest absolute Gasteiger partial charge is 0.449 e. The summed E-state index contributed by atoms with van der Waals surface area (Å²) < 4.78 is 28.1. The van der Waals surface area contributed by atoms with Crippen LogP contribution >= 0.6 is 0 Å². The normalized spacial score (nSPS) is 20.7. The number of carbonyl (C=O) groups is 2. The molecule has 0 spiro atoms. The summed E-state index contributed by atoms with van der Waals surface area (Å²) in [5, 5.41) is 0. The monoisotopic (exact) mass is 340 g/mol. The van der Waals surface area contributed by atoms with Gasteiger partial charge in [0.2, 0.25) is 0 Å². The number of pyridine rings is 1. The average Bonchev–Trinajstić information content (AvgIpc) is 2.86. The molecule has 0 saturated carbocycles. The molecule has 2 rings (SSSR count). The molecule has 2 unspecified atom stereocenters. The maximum Gasteiger partial charge on any atom is 0.340 e. The maximum absolute atomic E-state index is 12.3. The van der Waals surface area contributed by atoms with Gasteiger partial charge in [-0.25, -0.2) is 13.2 Å². The molecule has 7 nitrogen and oxygen atoms in total. The van der Waals surface area contributed by atoms with Gasteiger partial charge in [0.15, 0.2) is 15.9 Å². The highest BCUT2D eigenvalue weighted by molar-refractivity contribution is 7.91. The summed E-state index contributed by atoms with van der Waals surface area (Å²) in [4.78, 5) is 29.6. The molecule has 0 N–H and O–H groups in total. The van der Waals surface area contributed by atoms with Crippen molar-refractivity contribution in [3.63, 3.8) is 0 Å². The molecule has 1 aliphatic rings. The van der Waals surface area contributed by atoms with Gasteiger partial charge < -0.3 is 9.64 Å². The Kier molecular flexibility index (Phi) is 5.03. The van der Waals surface area contributed by atoms with Gasteiger partial charge >= 0.3 is 5.97 Å². The fraction of sp³-hybridized carbons (Fsp3) is 0.533. The Morgan fingerprint density at radius 2 is 2.09 bits per heavy atom. The Hall–Kier alpha value is -1.96. The van der Waals surface area contributed by atoms with Gasteiger partial charge in [-0.3, -0.25) is 9.78 Å². The van der Waals surface area contributed by atoms with E-state index in [4.69, 9.17) is 4.74 Å². The first-order valence-electron chi connectivity index (χ1n) is 7.30. The van der Waals surface area contributed by atoms with E-state index in [1.807, 2.05) is 0 Å². The van der Waals surface area contributed by atoms with Gasteiger partial charge in [0.1, 0.15) is 0 Å². The molecule has 1 fully saturated rings. The van der Waals surface area contributed by atoms with E-state index in [-0.39, 0.29) is 23.1 Å². The average molecular weight is 340 g/mol. The third kappa shape index (κ3) is 4.28. The number of aromatic nitrogens is 1. The molecular weight excluding hydrogens is 320 g/mol. The number of esters is 1. The van der Waals surface area contributed by atoms with E-state index in [1.54, 1.807) is 19.1 Å². The highest BCUT2D eigenvalue weighted by atomic mass is 32.2. The van der Waals surface area contributed by atoms with Crippen LogP contribution in [0.4, 0.5) is 0 Å². The minimum Gasteiger partial charge on any atom is -0.449 e. The van der Waals surface area contributed by atoms with Gasteiger partial charge in [-0.2, -0.15) is 0 Å². The lowest BCUT2D eigenvalue weighted by Gasteiger charge is -2.26. The Balaban J connectivity index is 1.97. The van der Waals surface area contributed by atoms with Gasteiger partial charge in [0, 0.05) is 25.0 Å². The van der Waals surface area contributed by atoms with Crippen LogP contribution in [0.5, 0.6) is 0 Å². The lowest BCUT2D eigenvalue weighted by atomic mass is 10.2. The first-order valence-corrected chi connectivity index (χ1v) is 9.12. The second kappa shape index (κ2) is 6.66. The van der Waals surface area contributed by atoms with E-state index in [1.165, 1.54) is 25.1 Å². The van der Waals surface area contributed by atoms with Crippen LogP contribution in [-0.4, -0.2) is 60.9 Å². The summed E-state index contributed by atoms with van der Waals surface area (Å²) in [7, 11) is -1.55. The van der Waals surface area contributed by atoms with Crippen LogP contribution in [0.1, 0.15) is 29.4 Å². The molecular formula is C15H20N2O5S. The number of amides is 1. The van der Waals surface area contributed by atoms with Gasteiger partial charge in [-0.15, -0.1) is 0 Å². The van der Waals surface area contributed by atoms with E-state index in [2.05, 4.69) is 4.98 Å². The minimum atomic E-state index is -3.08. The number of carbonyl (C=O) groups excluding carboxylic acids is 2. The second-order valence-electron chi connectivity index (χ2n) is 5.74. The van der Waals surface area contributed by atoms with E-state index in [0.29, 0.717) is 6.42 Å². The molecule has 1 amide bonds. The fourth-order valence-corrected chi connectivity index (χ4v) is 4.19. The summed E-state index contributed by atoms with van der Waals surface area (Å²) in [6.45, 7) is 3.27.